The van der Waals surface area contributed by atoms with E-state index in [1.165, 1.54) is 7.11 Å². The first-order valence-electron chi connectivity index (χ1n) is 8.65. The first-order chi connectivity index (χ1) is 12.1. The summed E-state index contributed by atoms with van der Waals surface area (Å²) in [5.41, 5.74) is 0.450. The minimum Gasteiger partial charge on any atom is -0.497 e. The zero-order valence-corrected chi connectivity index (χ0v) is 15.9. The topological polar surface area (TPSA) is 79.9 Å². The lowest BCUT2D eigenvalue weighted by Crippen LogP contribution is -2.51. The fourth-order valence-electron chi connectivity index (χ4n) is 3.27. The third kappa shape index (κ3) is 4.22. The summed E-state index contributed by atoms with van der Waals surface area (Å²) in [6, 6.07) is 4.69. The summed E-state index contributed by atoms with van der Waals surface area (Å²) in [5, 5.41) is 6.17. The van der Waals surface area contributed by atoms with Gasteiger partial charge in [-0.1, -0.05) is 0 Å². The van der Waals surface area contributed by atoms with Crippen molar-refractivity contribution in [3.8, 4) is 11.5 Å². The van der Waals surface area contributed by atoms with Gasteiger partial charge in [-0.25, -0.2) is 0 Å². The van der Waals surface area contributed by atoms with E-state index in [4.69, 9.17) is 9.47 Å². The summed E-state index contributed by atoms with van der Waals surface area (Å²) in [7, 11) is 3.08. The molecule has 2 saturated heterocycles. The Morgan fingerprint density at radius 3 is 2.65 bits per heavy atom. The van der Waals surface area contributed by atoms with Gasteiger partial charge in [0.05, 0.1) is 19.8 Å². The lowest BCUT2D eigenvalue weighted by molar-refractivity contribution is -0.125. The van der Waals surface area contributed by atoms with Crippen LogP contribution >= 0.6 is 12.4 Å². The average Bonchev–Trinajstić information content (AvgIpc) is 3.08. The van der Waals surface area contributed by atoms with Crippen LogP contribution in [0.5, 0.6) is 11.5 Å². The van der Waals surface area contributed by atoms with Crippen molar-refractivity contribution in [2.24, 2.45) is 5.92 Å². The van der Waals surface area contributed by atoms with Gasteiger partial charge in [0, 0.05) is 38.2 Å². The van der Waals surface area contributed by atoms with Crippen LogP contribution in [-0.2, 0) is 4.79 Å². The number of nitrogens with zero attached hydrogens (tertiary/aromatic N) is 1. The van der Waals surface area contributed by atoms with Gasteiger partial charge in [-0.05, 0) is 25.0 Å². The van der Waals surface area contributed by atoms with Gasteiger partial charge >= 0.3 is 0 Å². The second-order valence-electron chi connectivity index (χ2n) is 6.49. The zero-order chi connectivity index (χ0) is 17.8. The Labute approximate surface area is 159 Å². The first-order valence-corrected chi connectivity index (χ1v) is 8.65. The van der Waals surface area contributed by atoms with E-state index in [-0.39, 0.29) is 24.2 Å². The Balaban J connectivity index is 0.00000243. The summed E-state index contributed by atoms with van der Waals surface area (Å²) in [5.74, 6) is 1.33. The number of amides is 2. The highest BCUT2D eigenvalue weighted by molar-refractivity contribution is 6.00. The third-order valence-electron chi connectivity index (χ3n) is 4.89. The highest BCUT2D eigenvalue weighted by atomic mass is 35.5. The highest BCUT2D eigenvalue weighted by Gasteiger charge is 2.35. The van der Waals surface area contributed by atoms with Gasteiger partial charge in [0.15, 0.2) is 0 Å². The van der Waals surface area contributed by atoms with Crippen LogP contribution in [0.4, 0.5) is 0 Å². The molecule has 1 aromatic carbocycles. The van der Waals surface area contributed by atoms with Crippen LogP contribution in [0, 0.1) is 5.92 Å². The summed E-state index contributed by atoms with van der Waals surface area (Å²) >= 11 is 0. The van der Waals surface area contributed by atoms with E-state index in [1.807, 2.05) is 0 Å². The smallest absolute Gasteiger partial charge is 0.258 e. The molecule has 0 spiro atoms. The van der Waals surface area contributed by atoms with E-state index in [2.05, 4.69) is 10.6 Å². The highest BCUT2D eigenvalue weighted by Crippen LogP contribution is 2.28. The number of methoxy groups -OCH3 is 2. The third-order valence-corrected chi connectivity index (χ3v) is 4.89. The molecule has 3 rings (SSSR count). The van der Waals surface area contributed by atoms with E-state index < -0.39 is 6.04 Å². The standard InChI is InChI=1S/C18H25N3O4.ClH/c1-24-13-5-6-14(16(8-13)25-2)18(23)21-7-3-4-15(21)17(22)20-11-12-9-19-10-12;/h5-6,8,12,15,19H,3-4,7,9-11H2,1-2H3,(H,20,22);1H. The molecule has 2 N–H and O–H groups in total. The summed E-state index contributed by atoms with van der Waals surface area (Å²) in [6.45, 7) is 3.13. The van der Waals surface area contributed by atoms with Crippen molar-refractivity contribution >= 4 is 24.2 Å². The number of carbonyl (C=O) groups excluding carboxylic acids is 2. The maximum Gasteiger partial charge on any atom is 0.258 e. The summed E-state index contributed by atoms with van der Waals surface area (Å²) in [6.07, 6.45) is 1.52. The van der Waals surface area contributed by atoms with Crippen LogP contribution in [-0.4, -0.2) is 63.2 Å². The van der Waals surface area contributed by atoms with E-state index in [0.717, 1.165) is 19.5 Å². The van der Waals surface area contributed by atoms with Crippen LogP contribution in [0.3, 0.4) is 0 Å². The SMILES string of the molecule is COc1ccc(C(=O)N2CCCC2C(=O)NCC2CNC2)c(OC)c1.Cl. The number of nitrogens with one attached hydrogen (secondary N) is 2. The molecule has 0 aliphatic carbocycles. The molecule has 1 aromatic rings. The van der Waals surface area contributed by atoms with Crippen molar-refractivity contribution in [2.75, 3.05) is 40.4 Å². The van der Waals surface area contributed by atoms with Crippen molar-refractivity contribution in [3.05, 3.63) is 23.8 Å². The molecule has 7 nitrogen and oxygen atoms in total. The van der Waals surface area contributed by atoms with Crippen molar-refractivity contribution in [1.29, 1.82) is 0 Å². The molecule has 2 fully saturated rings. The van der Waals surface area contributed by atoms with Gasteiger partial charge in [-0.15, -0.1) is 12.4 Å². The van der Waals surface area contributed by atoms with E-state index in [0.29, 0.717) is 42.5 Å². The van der Waals surface area contributed by atoms with Crippen molar-refractivity contribution in [2.45, 2.75) is 18.9 Å². The van der Waals surface area contributed by atoms with E-state index in [1.54, 1.807) is 30.2 Å². The largest absolute Gasteiger partial charge is 0.497 e. The summed E-state index contributed by atoms with van der Waals surface area (Å²) in [4.78, 5) is 27.1. The number of rotatable bonds is 6. The zero-order valence-electron chi connectivity index (χ0n) is 15.1. The van der Waals surface area contributed by atoms with Crippen LogP contribution in [0.1, 0.15) is 23.2 Å². The van der Waals surface area contributed by atoms with Gasteiger partial charge in [0.2, 0.25) is 5.91 Å². The van der Waals surface area contributed by atoms with Crippen LogP contribution in [0.15, 0.2) is 18.2 Å². The molecule has 1 atom stereocenters. The van der Waals surface area contributed by atoms with E-state index >= 15 is 0 Å². The second kappa shape index (κ2) is 9.09. The van der Waals surface area contributed by atoms with Gasteiger partial charge < -0.3 is 25.0 Å². The van der Waals surface area contributed by atoms with E-state index in [9.17, 15) is 9.59 Å². The first kappa shape index (κ1) is 20.3. The Hall–Kier alpha value is -1.99. The molecule has 2 amide bonds. The number of ether oxygens (including phenoxy) is 2. The predicted molar refractivity (Wildman–Crippen MR) is 100 cm³/mol. The van der Waals surface area contributed by atoms with Crippen LogP contribution in [0.2, 0.25) is 0 Å². The number of hydrogen-bond acceptors (Lipinski definition) is 5. The normalized spacial score (nSPS) is 19.3. The minimum atomic E-state index is -0.410. The fraction of sp³-hybridized carbons (Fsp3) is 0.556. The molecule has 144 valence electrons. The maximum absolute atomic E-state index is 13.0. The van der Waals surface area contributed by atoms with Crippen molar-refractivity contribution in [1.82, 2.24) is 15.5 Å². The molecule has 2 heterocycles. The number of likely N-dealkylation sites (tertiary alicyclic amines) is 1. The molecule has 2 aliphatic heterocycles. The fourth-order valence-corrected chi connectivity index (χ4v) is 3.27. The quantitative estimate of drug-likeness (QED) is 0.768. The average molecular weight is 384 g/mol. The molecule has 2 aliphatic rings. The molecular formula is C18H26ClN3O4. The number of hydrogen-bond donors (Lipinski definition) is 2. The van der Waals surface area contributed by atoms with Gasteiger partial charge in [-0.3, -0.25) is 9.59 Å². The Morgan fingerprint density at radius 2 is 2.04 bits per heavy atom. The van der Waals surface area contributed by atoms with Gasteiger partial charge in [-0.2, -0.15) is 0 Å². The number of benzene rings is 1. The molecule has 0 radical (unpaired) electrons. The number of carbonyl (C=O) groups is 2. The molecule has 8 heteroatoms. The minimum absolute atomic E-state index is 0. The molecule has 0 saturated carbocycles. The lowest BCUT2D eigenvalue weighted by atomic mass is 10.0. The lowest BCUT2D eigenvalue weighted by Gasteiger charge is -2.29. The predicted octanol–water partition coefficient (Wildman–Crippen LogP) is 1.07. The van der Waals surface area contributed by atoms with Crippen molar-refractivity contribution in [3.63, 3.8) is 0 Å². The van der Waals surface area contributed by atoms with Crippen LogP contribution in [0.25, 0.3) is 0 Å². The van der Waals surface area contributed by atoms with Crippen LogP contribution < -0.4 is 20.1 Å². The molecular weight excluding hydrogens is 358 g/mol. The van der Waals surface area contributed by atoms with Crippen molar-refractivity contribution < 1.29 is 19.1 Å². The molecule has 26 heavy (non-hydrogen) atoms. The Kier molecular flexibility index (Phi) is 7.11. The molecule has 1 unspecified atom stereocenters. The Bertz CT molecular complexity index is 651. The summed E-state index contributed by atoms with van der Waals surface area (Å²) < 4.78 is 10.5. The maximum atomic E-state index is 13.0. The van der Waals surface area contributed by atoms with Gasteiger partial charge in [0.25, 0.3) is 5.91 Å². The molecule has 0 aromatic heterocycles. The van der Waals surface area contributed by atoms with Gasteiger partial charge in [0.1, 0.15) is 17.5 Å². The second-order valence-corrected chi connectivity index (χ2v) is 6.49. The monoisotopic (exact) mass is 383 g/mol. The Morgan fingerprint density at radius 1 is 1.27 bits per heavy atom. The molecule has 0 bridgehead atoms. The number of halogens is 1.